The minimum absolute atomic E-state index is 0.0214. The van der Waals surface area contributed by atoms with Gasteiger partial charge in [-0.1, -0.05) is 36.0 Å². The van der Waals surface area contributed by atoms with E-state index in [4.69, 9.17) is 11.5 Å². The number of hydrogen-bond donors (Lipinski definition) is 2. The Morgan fingerprint density at radius 2 is 1.82 bits per heavy atom. The molecule has 0 unspecified atom stereocenters. The molecule has 2 aliphatic rings. The molecule has 1 saturated heterocycles. The van der Waals surface area contributed by atoms with Crippen LogP contribution in [0.2, 0.25) is 0 Å². The van der Waals surface area contributed by atoms with E-state index in [0.717, 1.165) is 50.3 Å². The number of nitrogens with zero attached hydrogens (tertiary/aromatic N) is 4. The summed E-state index contributed by atoms with van der Waals surface area (Å²) in [5.41, 5.74) is 14.4. The first-order valence-electron chi connectivity index (χ1n) is 10.7. The highest BCUT2D eigenvalue weighted by molar-refractivity contribution is 7.99. The van der Waals surface area contributed by atoms with E-state index < -0.39 is 11.9 Å². The smallest absolute Gasteiger partial charge is 0.381 e. The van der Waals surface area contributed by atoms with E-state index in [2.05, 4.69) is 38.1 Å². The number of hydrogen-bond acceptors (Lipinski definition) is 7. The molecule has 1 spiro atoms. The lowest BCUT2D eigenvalue weighted by atomic mass is 9.73. The largest absolute Gasteiger partial charge is 0.434 e. The Balaban J connectivity index is 1.30. The fourth-order valence-corrected chi connectivity index (χ4v) is 5.77. The molecule has 1 aromatic carbocycles. The average molecular weight is 473 g/mol. The molecular formula is C23H23F3N6S. The fraction of sp³-hybridized carbons (Fsp3) is 0.348. The molecule has 172 valence electrons. The van der Waals surface area contributed by atoms with Crippen LogP contribution in [0, 0.1) is 5.41 Å². The maximum absolute atomic E-state index is 13.2. The Labute approximate surface area is 193 Å². The molecule has 4 N–H and O–H groups in total. The molecule has 6 nitrogen and oxygen atoms in total. The number of pyridine rings is 1. The number of aromatic nitrogens is 3. The minimum Gasteiger partial charge on any atom is -0.381 e. The molecule has 2 aromatic heterocycles. The number of benzene rings is 1. The van der Waals surface area contributed by atoms with Gasteiger partial charge < -0.3 is 16.4 Å². The predicted molar refractivity (Wildman–Crippen MR) is 121 cm³/mol. The normalized spacial score (nSPS) is 19.6. The summed E-state index contributed by atoms with van der Waals surface area (Å²) in [5, 5.41) is 0.221. The van der Waals surface area contributed by atoms with Crippen LogP contribution >= 0.6 is 11.8 Å². The molecule has 10 heteroatoms. The summed E-state index contributed by atoms with van der Waals surface area (Å²) in [7, 11) is 0. The lowest BCUT2D eigenvalue weighted by molar-refractivity contribution is -0.143. The Kier molecular flexibility index (Phi) is 5.44. The third kappa shape index (κ3) is 4.02. The quantitative estimate of drug-likeness (QED) is 0.581. The molecule has 33 heavy (non-hydrogen) atoms. The van der Waals surface area contributed by atoms with E-state index in [1.807, 2.05) is 6.07 Å². The molecule has 3 heterocycles. The van der Waals surface area contributed by atoms with Gasteiger partial charge in [0.2, 0.25) is 0 Å². The van der Waals surface area contributed by atoms with E-state index in [9.17, 15) is 13.2 Å². The van der Waals surface area contributed by atoms with Gasteiger partial charge in [-0.3, -0.25) is 4.98 Å². The van der Waals surface area contributed by atoms with Crippen molar-refractivity contribution in [3.8, 4) is 0 Å². The van der Waals surface area contributed by atoms with Gasteiger partial charge >= 0.3 is 6.18 Å². The summed E-state index contributed by atoms with van der Waals surface area (Å²) < 4.78 is 39.7. The number of nitrogen functional groups attached to an aromatic ring is 1. The van der Waals surface area contributed by atoms with Crippen molar-refractivity contribution in [3.05, 3.63) is 65.6 Å². The van der Waals surface area contributed by atoms with Crippen LogP contribution in [-0.4, -0.2) is 28.0 Å². The highest BCUT2D eigenvalue weighted by Crippen LogP contribution is 2.51. The summed E-state index contributed by atoms with van der Waals surface area (Å²) in [6, 6.07) is 11.2. The number of piperidine rings is 1. The molecule has 3 aromatic rings. The Bertz CT molecular complexity index is 1180. The number of anilines is 2. The van der Waals surface area contributed by atoms with Crippen LogP contribution in [0.3, 0.4) is 0 Å². The zero-order valence-corrected chi connectivity index (χ0v) is 18.5. The first-order chi connectivity index (χ1) is 15.8. The molecule has 5 rings (SSSR count). The summed E-state index contributed by atoms with van der Waals surface area (Å²) in [6.07, 6.45) is 0.952. The van der Waals surface area contributed by atoms with Gasteiger partial charge in [-0.25, -0.2) is 9.97 Å². The van der Waals surface area contributed by atoms with Crippen LogP contribution in [0.5, 0.6) is 0 Å². The standard InChI is InChI=1S/C23H23F3N6S/c24-23(25,26)19-16(6-3-9-29-19)33-21-20(28)31-17(13-30-21)32-10-7-22(8-11-32)12-14-4-1-2-5-15(14)18(22)27/h1-6,9,13,18H,7-8,10-12,27H2,(H2,28,31)/t18-/m1/s1. The van der Waals surface area contributed by atoms with Crippen LogP contribution in [0.1, 0.15) is 35.7 Å². The molecule has 1 aliphatic heterocycles. The number of nitrogens with two attached hydrogens (primary N) is 2. The van der Waals surface area contributed by atoms with Crippen LogP contribution < -0.4 is 16.4 Å². The number of fused-ring (bicyclic) bond motifs is 1. The van der Waals surface area contributed by atoms with Crippen LogP contribution in [0.15, 0.2) is 58.7 Å². The summed E-state index contributed by atoms with van der Waals surface area (Å²) in [6.45, 7) is 1.53. The first-order valence-corrected chi connectivity index (χ1v) is 11.5. The Morgan fingerprint density at radius 3 is 2.52 bits per heavy atom. The van der Waals surface area contributed by atoms with Crippen molar-refractivity contribution in [2.24, 2.45) is 11.1 Å². The predicted octanol–water partition coefficient (Wildman–Crippen LogP) is 4.47. The lowest BCUT2D eigenvalue weighted by Gasteiger charge is -2.42. The van der Waals surface area contributed by atoms with Crippen LogP contribution in [0.25, 0.3) is 0 Å². The average Bonchev–Trinajstić information content (AvgIpc) is 3.07. The van der Waals surface area contributed by atoms with Crippen molar-refractivity contribution in [1.29, 1.82) is 0 Å². The van der Waals surface area contributed by atoms with Gasteiger partial charge in [-0.05, 0) is 47.9 Å². The zero-order chi connectivity index (χ0) is 23.2. The van der Waals surface area contributed by atoms with Crippen molar-refractivity contribution < 1.29 is 13.2 Å². The Morgan fingerprint density at radius 1 is 1.06 bits per heavy atom. The number of halogens is 3. The minimum atomic E-state index is -4.56. The highest BCUT2D eigenvalue weighted by Gasteiger charge is 2.46. The summed E-state index contributed by atoms with van der Waals surface area (Å²) in [5.74, 6) is 0.720. The van der Waals surface area contributed by atoms with Gasteiger partial charge in [-0.2, -0.15) is 13.2 Å². The van der Waals surface area contributed by atoms with Crippen LogP contribution in [0.4, 0.5) is 24.8 Å². The van der Waals surface area contributed by atoms with Crippen LogP contribution in [-0.2, 0) is 12.6 Å². The highest BCUT2D eigenvalue weighted by atomic mass is 32.2. The van der Waals surface area contributed by atoms with Crippen molar-refractivity contribution in [3.63, 3.8) is 0 Å². The molecule has 0 saturated carbocycles. The van der Waals surface area contributed by atoms with Gasteiger partial charge in [0.15, 0.2) is 11.5 Å². The summed E-state index contributed by atoms with van der Waals surface area (Å²) in [4.78, 5) is 14.3. The van der Waals surface area contributed by atoms with Crippen molar-refractivity contribution >= 4 is 23.4 Å². The molecule has 1 aliphatic carbocycles. The summed E-state index contributed by atoms with van der Waals surface area (Å²) >= 11 is 0.815. The number of rotatable bonds is 3. The van der Waals surface area contributed by atoms with Gasteiger partial charge in [0.1, 0.15) is 10.8 Å². The zero-order valence-electron chi connectivity index (χ0n) is 17.7. The second kappa shape index (κ2) is 8.18. The number of alkyl halides is 3. The van der Waals surface area contributed by atoms with Gasteiger partial charge in [0.05, 0.1) is 6.20 Å². The third-order valence-electron chi connectivity index (χ3n) is 6.67. The van der Waals surface area contributed by atoms with E-state index in [1.54, 1.807) is 6.20 Å². The fourth-order valence-electron chi connectivity index (χ4n) is 4.89. The van der Waals surface area contributed by atoms with Gasteiger partial charge in [0.25, 0.3) is 0 Å². The molecule has 1 atom stereocenters. The maximum atomic E-state index is 13.2. The topological polar surface area (TPSA) is 94.0 Å². The van der Waals surface area contributed by atoms with E-state index in [-0.39, 0.29) is 27.2 Å². The first kappa shape index (κ1) is 22.0. The van der Waals surface area contributed by atoms with E-state index in [1.165, 1.54) is 23.3 Å². The Hall–Kier alpha value is -2.85. The molecule has 0 radical (unpaired) electrons. The molecule has 1 fully saturated rings. The maximum Gasteiger partial charge on any atom is 0.434 e. The molecule has 0 bridgehead atoms. The molecule has 0 amide bonds. The van der Waals surface area contributed by atoms with Gasteiger partial charge in [0, 0.05) is 30.2 Å². The monoisotopic (exact) mass is 472 g/mol. The SMILES string of the molecule is Nc1nc(N2CCC3(CC2)Cc2ccccc2[C@H]3N)cnc1Sc1cccnc1C(F)(F)F. The third-order valence-corrected chi connectivity index (χ3v) is 7.73. The van der Waals surface area contributed by atoms with Crippen molar-refractivity contribution in [1.82, 2.24) is 15.0 Å². The lowest BCUT2D eigenvalue weighted by Crippen LogP contribution is -2.44. The second-order valence-corrected chi connectivity index (χ2v) is 9.60. The second-order valence-electron chi connectivity index (χ2n) is 8.57. The van der Waals surface area contributed by atoms with Gasteiger partial charge in [-0.15, -0.1) is 0 Å². The van der Waals surface area contributed by atoms with E-state index >= 15 is 0 Å². The van der Waals surface area contributed by atoms with Crippen molar-refractivity contribution in [2.45, 2.75) is 41.4 Å². The molecular weight excluding hydrogens is 449 g/mol. The van der Waals surface area contributed by atoms with E-state index in [0.29, 0.717) is 5.82 Å². The van der Waals surface area contributed by atoms with Crippen molar-refractivity contribution in [2.75, 3.05) is 23.7 Å².